The Balaban J connectivity index is 1.78. The molecule has 0 aromatic heterocycles. The molecule has 0 aliphatic carbocycles. The fraction of sp³-hybridized carbons (Fsp3) is 0.357. The van der Waals surface area contributed by atoms with Gasteiger partial charge in [-0.15, -0.1) is 0 Å². The third-order valence-electron chi connectivity index (χ3n) is 6.84. The van der Waals surface area contributed by atoms with Crippen molar-refractivity contribution < 1.29 is 0 Å². The van der Waals surface area contributed by atoms with Crippen LogP contribution in [0.3, 0.4) is 0 Å². The van der Waals surface area contributed by atoms with Gasteiger partial charge < -0.3 is 0 Å². The molecule has 0 bridgehead atoms. The van der Waals surface area contributed by atoms with E-state index in [0.29, 0.717) is 17.2 Å². The molecule has 1 fully saturated rings. The van der Waals surface area contributed by atoms with Crippen LogP contribution in [0.4, 0.5) is 0 Å². The highest BCUT2D eigenvalue weighted by Gasteiger charge is 2.37. The van der Waals surface area contributed by atoms with Crippen molar-refractivity contribution in [2.45, 2.75) is 57.8 Å². The van der Waals surface area contributed by atoms with Gasteiger partial charge in [-0.25, -0.2) is 0 Å². The van der Waals surface area contributed by atoms with Crippen molar-refractivity contribution in [1.29, 1.82) is 0 Å². The summed E-state index contributed by atoms with van der Waals surface area (Å²) < 4.78 is 0. The maximum absolute atomic E-state index is 2.56. The average molecular weight is 401 g/mol. The molecule has 1 heteroatoms. The molecular formula is C28H33P. The zero-order valence-corrected chi connectivity index (χ0v) is 19.3. The third-order valence-corrected chi connectivity index (χ3v) is 9.78. The van der Waals surface area contributed by atoms with Crippen molar-refractivity contribution >= 4 is 7.92 Å². The maximum Gasteiger partial charge on any atom is 0.00532 e. The van der Waals surface area contributed by atoms with Crippen LogP contribution in [0.5, 0.6) is 0 Å². The second-order valence-corrected chi connectivity index (χ2v) is 11.6. The summed E-state index contributed by atoms with van der Waals surface area (Å²) >= 11 is 0. The average Bonchev–Trinajstić information content (AvgIpc) is 2.70. The van der Waals surface area contributed by atoms with E-state index in [4.69, 9.17) is 0 Å². The van der Waals surface area contributed by atoms with Crippen molar-refractivity contribution in [2.24, 2.45) is 0 Å². The Morgan fingerprint density at radius 1 is 0.655 bits per heavy atom. The summed E-state index contributed by atoms with van der Waals surface area (Å²) in [7, 11) is -0.140. The van der Waals surface area contributed by atoms with Crippen LogP contribution in [0.15, 0.2) is 66.7 Å². The summed E-state index contributed by atoms with van der Waals surface area (Å²) in [6, 6.07) is 25.4. The first kappa shape index (κ1) is 20.4. The van der Waals surface area contributed by atoms with Crippen LogP contribution in [-0.2, 0) is 0 Å². The predicted octanol–water partition coefficient (Wildman–Crippen LogP) is 8.39. The molecule has 2 atom stereocenters. The minimum Gasteiger partial charge on any atom is -0.0945 e. The number of rotatable bonds is 3. The molecule has 1 saturated heterocycles. The van der Waals surface area contributed by atoms with Crippen LogP contribution >= 0.6 is 7.92 Å². The molecule has 150 valence electrons. The standard InChI is InChI=1S/C28H33P/c1-19-11-13-25(21(3)15-19)27-17-24(23-9-7-6-8-10-23)18-28(29(27)5)26-14-12-20(2)16-22(26)4/h6-16,24,27-28H,17-18H2,1-5H3. The molecule has 2 unspecified atom stereocenters. The third kappa shape index (κ3) is 4.19. The van der Waals surface area contributed by atoms with Gasteiger partial charge in [0.05, 0.1) is 0 Å². The van der Waals surface area contributed by atoms with E-state index in [9.17, 15) is 0 Å². The van der Waals surface area contributed by atoms with Crippen molar-refractivity contribution in [1.82, 2.24) is 0 Å². The molecule has 0 radical (unpaired) electrons. The van der Waals surface area contributed by atoms with Gasteiger partial charge in [0.2, 0.25) is 0 Å². The first-order valence-electron chi connectivity index (χ1n) is 10.8. The molecule has 0 spiro atoms. The van der Waals surface area contributed by atoms with E-state index in [1.54, 1.807) is 11.1 Å². The van der Waals surface area contributed by atoms with Gasteiger partial charge in [0.25, 0.3) is 0 Å². The highest BCUT2D eigenvalue weighted by Crippen LogP contribution is 2.68. The molecule has 1 aliphatic heterocycles. The van der Waals surface area contributed by atoms with Gasteiger partial charge in [0.1, 0.15) is 0 Å². The number of hydrogen-bond donors (Lipinski definition) is 0. The molecule has 1 aliphatic rings. The minimum absolute atomic E-state index is 0.140. The normalized spacial score (nSPS) is 24.4. The lowest BCUT2D eigenvalue weighted by Gasteiger charge is -2.42. The quantitative estimate of drug-likeness (QED) is 0.387. The smallest absolute Gasteiger partial charge is 0.00532 e. The summed E-state index contributed by atoms with van der Waals surface area (Å²) in [6.07, 6.45) is 2.55. The highest BCUT2D eigenvalue weighted by molar-refractivity contribution is 7.57. The van der Waals surface area contributed by atoms with Gasteiger partial charge >= 0.3 is 0 Å². The van der Waals surface area contributed by atoms with E-state index >= 15 is 0 Å². The van der Waals surface area contributed by atoms with Gasteiger partial charge in [0.15, 0.2) is 0 Å². The van der Waals surface area contributed by atoms with Gasteiger partial charge in [-0.3, -0.25) is 0 Å². The molecule has 1 heterocycles. The second kappa shape index (κ2) is 8.45. The highest BCUT2D eigenvalue weighted by atomic mass is 31.1. The number of aryl methyl sites for hydroxylation is 4. The molecule has 3 aromatic carbocycles. The lowest BCUT2D eigenvalue weighted by Crippen LogP contribution is -2.19. The van der Waals surface area contributed by atoms with Crippen molar-refractivity contribution in [2.75, 3.05) is 6.66 Å². The largest absolute Gasteiger partial charge is 0.0945 e. The van der Waals surface area contributed by atoms with Crippen LogP contribution in [0.25, 0.3) is 0 Å². The molecule has 3 aromatic rings. The van der Waals surface area contributed by atoms with Gasteiger partial charge in [-0.05, 0) is 80.9 Å². The van der Waals surface area contributed by atoms with Gasteiger partial charge in [0, 0.05) is 11.3 Å². The molecule has 0 nitrogen and oxygen atoms in total. The topological polar surface area (TPSA) is 0 Å². The zero-order valence-electron chi connectivity index (χ0n) is 18.4. The predicted molar refractivity (Wildman–Crippen MR) is 129 cm³/mol. The van der Waals surface area contributed by atoms with Crippen molar-refractivity contribution in [3.63, 3.8) is 0 Å². The lowest BCUT2D eigenvalue weighted by atomic mass is 9.84. The van der Waals surface area contributed by atoms with Crippen LogP contribution < -0.4 is 0 Å². The van der Waals surface area contributed by atoms with Gasteiger partial charge in [-0.1, -0.05) is 85.8 Å². The fourth-order valence-corrected chi connectivity index (χ4v) is 8.34. The Morgan fingerprint density at radius 2 is 1.14 bits per heavy atom. The molecule has 4 rings (SSSR count). The van der Waals surface area contributed by atoms with E-state index in [1.165, 1.54) is 40.7 Å². The SMILES string of the molecule is Cc1ccc(C2CC(c3ccccc3)CC(c3ccc(C)cc3C)P2C)c(C)c1. The minimum atomic E-state index is -0.140. The summed E-state index contributed by atoms with van der Waals surface area (Å²) in [5, 5.41) is 0. The van der Waals surface area contributed by atoms with Gasteiger partial charge in [-0.2, -0.15) is 0 Å². The van der Waals surface area contributed by atoms with Crippen LogP contribution in [0, 0.1) is 27.7 Å². The summed E-state index contributed by atoms with van der Waals surface area (Å²) in [5.74, 6) is 0.631. The summed E-state index contributed by atoms with van der Waals surface area (Å²) in [4.78, 5) is 0. The second-order valence-electron chi connectivity index (χ2n) is 9.00. The van der Waals surface area contributed by atoms with Crippen LogP contribution in [-0.4, -0.2) is 6.66 Å². The molecule has 0 N–H and O–H groups in total. The first-order valence-corrected chi connectivity index (χ1v) is 12.8. The molecule has 0 saturated carbocycles. The monoisotopic (exact) mass is 400 g/mol. The maximum atomic E-state index is 2.56. The Kier molecular flexibility index (Phi) is 5.93. The molecule has 29 heavy (non-hydrogen) atoms. The zero-order chi connectivity index (χ0) is 20.5. The van der Waals surface area contributed by atoms with Crippen LogP contribution in [0.2, 0.25) is 0 Å². The van der Waals surface area contributed by atoms with E-state index in [-0.39, 0.29) is 7.92 Å². The van der Waals surface area contributed by atoms with E-state index in [2.05, 4.69) is 101 Å². The Morgan fingerprint density at radius 3 is 1.59 bits per heavy atom. The summed E-state index contributed by atoms with van der Waals surface area (Å²) in [6.45, 7) is 11.6. The van der Waals surface area contributed by atoms with Crippen LogP contribution in [0.1, 0.15) is 69.0 Å². The molecular weight excluding hydrogens is 367 g/mol. The number of benzene rings is 3. The fourth-order valence-electron chi connectivity index (χ4n) is 5.27. The lowest BCUT2D eigenvalue weighted by molar-refractivity contribution is 0.526. The Labute approximate surface area is 178 Å². The number of hydrogen-bond acceptors (Lipinski definition) is 0. The van der Waals surface area contributed by atoms with Crippen molar-refractivity contribution in [3.05, 3.63) is 106 Å². The van der Waals surface area contributed by atoms with E-state index < -0.39 is 0 Å². The Bertz CT molecular complexity index is 927. The van der Waals surface area contributed by atoms with Crippen molar-refractivity contribution in [3.8, 4) is 0 Å². The van der Waals surface area contributed by atoms with E-state index in [0.717, 1.165) is 0 Å². The van der Waals surface area contributed by atoms with E-state index in [1.807, 2.05) is 0 Å². The summed E-state index contributed by atoms with van der Waals surface area (Å²) in [5.41, 5.74) is 11.7. The molecule has 0 amide bonds. The Hall–Kier alpha value is -1.91. The first-order chi connectivity index (χ1) is 13.9.